The molecule has 0 aliphatic heterocycles. The molecule has 0 aliphatic carbocycles. The van der Waals surface area contributed by atoms with Crippen LogP contribution in [0.3, 0.4) is 0 Å². The van der Waals surface area contributed by atoms with E-state index in [2.05, 4.69) is 0 Å². The number of aryl methyl sites for hydroxylation is 1. The van der Waals surface area contributed by atoms with Crippen molar-refractivity contribution >= 4 is 15.7 Å². The Labute approximate surface area is 104 Å². The second-order valence-corrected chi connectivity index (χ2v) is 5.68. The molecule has 18 heavy (non-hydrogen) atoms. The van der Waals surface area contributed by atoms with Crippen LogP contribution >= 0.6 is 0 Å². The largest absolute Gasteiger partial charge is 0.399 e. The smallest absolute Gasteiger partial charge is 0.283 e. The Morgan fingerprint density at radius 1 is 1.39 bits per heavy atom. The molecule has 0 fully saturated rings. The van der Waals surface area contributed by atoms with Crippen LogP contribution in [0, 0.1) is 6.92 Å². The minimum absolute atomic E-state index is 0.186. The van der Waals surface area contributed by atoms with E-state index >= 15 is 0 Å². The van der Waals surface area contributed by atoms with Gasteiger partial charge in [-0.25, -0.2) is 21.9 Å². The Balaban J connectivity index is 2.93. The number of halogens is 2. The molecule has 0 saturated carbocycles. The van der Waals surface area contributed by atoms with Crippen molar-refractivity contribution in [2.24, 2.45) is 0 Å². The number of nitrogen functional groups attached to an aromatic ring is 1. The van der Waals surface area contributed by atoms with E-state index in [0.717, 1.165) is 0 Å². The molecule has 0 saturated heterocycles. The molecule has 102 valence electrons. The van der Waals surface area contributed by atoms with Gasteiger partial charge in [-0.3, -0.25) is 0 Å². The summed E-state index contributed by atoms with van der Waals surface area (Å²) in [6, 6.07) is 4.05. The molecule has 1 aromatic carbocycles. The maximum absolute atomic E-state index is 12.8. The molecule has 1 rings (SSSR count). The molecule has 0 spiro atoms. The summed E-state index contributed by atoms with van der Waals surface area (Å²) >= 11 is 0. The van der Waals surface area contributed by atoms with Crippen LogP contribution < -0.4 is 10.5 Å². The maximum atomic E-state index is 12.8. The first-order valence-corrected chi connectivity index (χ1v) is 6.50. The Bertz CT molecular complexity index is 512. The van der Waals surface area contributed by atoms with Crippen LogP contribution in [0.2, 0.25) is 0 Å². The highest BCUT2D eigenvalue weighted by molar-refractivity contribution is 7.89. The van der Waals surface area contributed by atoms with Gasteiger partial charge in [0, 0.05) is 5.69 Å². The molecule has 0 unspecified atom stereocenters. The number of aliphatic hydroxyl groups excluding tert-OH is 1. The fraction of sp³-hybridized carbons (Fsp3) is 0.400. The van der Waals surface area contributed by atoms with Crippen molar-refractivity contribution < 1.29 is 22.3 Å². The molecule has 1 aromatic rings. The van der Waals surface area contributed by atoms with Gasteiger partial charge in [-0.2, -0.15) is 0 Å². The van der Waals surface area contributed by atoms with E-state index in [4.69, 9.17) is 10.8 Å². The lowest BCUT2D eigenvalue weighted by Gasteiger charge is -2.14. The number of hydrogen-bond acceptors (Lipinski definition) is 4. The van der Waals surface area contributed by atoms with E-state index in [1.165, 1.54) is 12.1 Å². The van der Waals surface area contributed by atoms with Crippen molar-refractivity contribution in [1.29, 1.82) is 0 Å². The van der Waals surface area contributed by atoms with Crippen LogP contribution in [-0.2, 0) is 10.0 Å². The van der Waals surface area contributed by atoms with Crippen LogP contribution in [-0.4, -0.2) is 32.6 Å². The van der Waals surface area contributed by atoms with E-state index in [1.807, 2.05) is 0 Å². The first-order chi connectivity index (χ1) is 8.16. The van der Waals surface area contributed by atoms with Gasteiger partial charge in [0.05, 0.1) is 11.4 Å². The Kier molecular flexibility index (Phi) is 4.25. The van der Waals surface area contributed by atoms with Gasteiger partial charge >= 0.3 is 0 Å². The molecule has 8 heteroatoms. The second kappa shape index (κ2) is 5.17. The minimum atomic E-state index is -4.07. The molecule has 0 aromatic heterocycles. The lowest BCUT2D eigenvalue weighted by molar-refractivity contribution is -0.0437. The van der Waals surface area contributed by atoms with Gasteiger partial charge in [-0.15, -0.1) is 0 Å². The average molecular weight is 280 g/mol. The topological polar surface area (TPSA) is 92.4 Å². The van der Waals surface area contributed by atoms with Crippen molar-refractivity contribution in [1.82, 2.24) is 4.72 Å². The van der Waals surface area contributed by atoms with Gasteiger partial charge in [-0.05, 0) is 30.7 Å². The number of rotatable bonds is 5. The first kappa shape index (κ1) is 14.8. The molecular weight excluding hydrogens is 266 g/mol. The molecule has 0 aliphatic rings. The summed E-state index contributed by atoms with van der Waals surface area (Å²) in [6.45, 7) is -0.955. The summed E-state index contributed by atoms with van der Waals surface area (Å²) in [5.41, 5.74) is 6.31. The van der Waals surface area contributed by atoms with Gasteiger partial charge < -0.3 is 10.8 Å². The zero-order valence-corrected chi connectivity index (χ0v) is 10.5. The summed E-state index contributed by atoms with van der Waals surface area (Å²) in [5.74, 6) is -3.50. The zero-order valence-electron chi connectivity index (χ0n) is 9.65. The van der Waals surface area contributed by atoms with E-state index in [-0.39, 0.29) is 10.6 Å². The summed E-state index contributed by atoms with van der Waals surface area (Å²) in [4.78, 5) is -0.186. The van der Waals surface area contributed by atoms with Crippen LogP contribution in [0.4, 0.5) is 14.5 Å². The summed E-state index contributed by atoms with van der Waals surface area (Å²) < 4.78 is 50.7. The number of sulfonamides is 1. The van der Waals surface area contributed by atoms with Crippen LogP contribution in [0.25, 0.3) is 0 Å². The summed E-state index contributed by atoms with van der Waals surface area (Å²) in [5, 5.41) is 8.34. The molecule has 0 amide bonds. The second-order valence-electron chi connectivity index (χ2n) is 3.92. The highest BCUT2D eigenvalue weighted by Crippen LogP contribution is 2.17. The van der Waals surface area contributed by atoms with E-state index in [0.29, 0.717) is 5.56 Å². The fourth-order valence-corrected chi connectivity index (χ4v) is 2.47. The highest BCUT2D eigenvalue weighted by Gasteiger charge is 2.30. The lowest BCUT2D eigenvalue weighted by Crippen LogP contribution is -2.38. The van der Waals surface area contributed by atoms with E-state index in [9.17, 15) is 17.2 Å². The van der Waals surface area contributed by atoms with E-state index in [1.54, 1.807) is 17.7 Å². The highest BCUT2D eigenvalue weighted by atomic mass is 32.2. The SMILES string of the molecule is Cc1cc(N)cc(S(=O)(=O)NCC(F)(F)CO)c1. The Morgan fingerprint density at radius 3 is 2.50 bits per heavy atom. The van der Waals surface area contributed by atoms with Crippen LogP contribution in [0.5, 0.6) is 0 Å². The number of aliphatic hydroxyl groups is 1. The monoisotopic (exact) mass is 280 g/mol. The fourth-order valence-electron chi connectivity index (χ4n) is 1.27. The molecule has 4 N–H and O–H groups in total. The predicted molar refractivity (Wildman–Crippen MR) is 62.8 cm³/mol. The zero-order chi connectivity index (χ0) is 14.0. The van der Waals surface area contributed by atoms with Gasteiger partial charge in [0.1, 0.15) is 6.61 Å². The first-order valence-electron chi connectivity index (χ1n) is 5.02. The van der Waals surface area contributed by atoms with Crippen LogP contribution in [0.1, 0.15) is 5.56 Å². The number of nitrogens with two attached hydrogens (primary N) is 1. The molecule has 0 atom stereocenters. The van der Waals surface area contributed by atoms with Crippen molar-refractivity contribution in [3.8, 4) is 0 Å². The van der Waals surface area contributed by atoms with Crippen LogP contribution in [0.15, 0.2) is 23.1 Å². The van der Waals surface area contributed by atoms with E-state index < -0.39 is 29.1 Å². The van der Waals surface area contributed by atoms with Crippen molar-refractivity contribution in [3.63, 3.8) is 0 Å². The Morgan fingerprint density at radius 2 is 2.00 bits per heavy atom. The lowest BCUT2D eigenvalue weighted by atomic mass is 10.2. The van der Waals surface area contributed by atoms with Gasteiger partial charge in [0.2, 0.25) is 10.0 Å². The molecular formula is C10H14F2N2O3S. The van der Waals surface area contributed by atoms with Gasteiger partial charge in [-0.1, -0.05) is 0 Å². The normalized spacial score (nSPS) is 12.7. The predicted octanol–water partition coefficient (Wildman–Crippen LogP) is 0.483. The quantitative estimate of drug-likeness (QED) is 0.684. The summed E-state index contributed by atoms with van der Waals surface area (Å²) in [7, 11) is -4.07. The number of benzene rings is 1. The number of hydrogen-bond donors (Lipinski definition) is 3. The maximum Gasteiger partial charge on any atom is 0.283 e. The van der Waals surface area contributed by atoms with Gasteiger partial charge in [0.25, 0.3) is 5.92 Å². The van der Waals surface area contributed by atoms with Gasteiger partial charge in [0.15, 0.2) is 0 Å². The molecule has 5 nitrogen and oxygen atoms in total. The standard InChI is InChI=1S/C10H14F2N2O3S/c1-7-2-8(13)4-9(3-7)18(16,17)14-5-10(11,12)6-15/h2-4,14-15H,5-6,13H2,1H3. The third-order valence-corrected chi connectivity index (χ3v) is 3.52. The van der Waals surface area contributed by atoms with Crippen molar-refractivity contribution in [3.05, 3.63) is 23.8 Å². The molecule has 0 radical (unpaired) electrons. The number of alkyl halides is 2. The third-order valence-electron chi connectivity index (χ3n) is 2.14. The third kappa shape index (κ3) is 3.90. The van der Waals surface area contributed by atoms with Crippen molar-refractivity contribution in [2.75, 3.05) is 18.9 Å². The van der Waals surface area contributed by atoms with Crippen molar-refractivity contribution in [2.45, 2.75) is 17.7 Å². The number of nitrogens with one attached hydrogen (secondary N) is 1. The number of anilines is 1. The molecule has 0 bridgehead atoms. The minimum Gasteiger partial charge on any atom is -0.399 e. The average Bonchev–Trinajstić information content (AvgIpc) is 2.25. The molecule has 0 heterocycles. The summed E-state index contributed by atoms with van der Waals surface area (Å²) in [6.07, 6.45) is 0. The Hall–Kier alpha value is -1.25.